The Hall–Kier alpha value is -2.43. The number of nitrogens with one attached hydrogen (secondary N) is 2. The van der Waals surface area contributed by atoms with Gasteiger partial charge in [0.1, 0.15) is 22.5 Å². The number of ether oxygens (including phenoxy) is 2. The Morgan fingerprint density at radius 3 is 2.62 bits per heavy atom. The molecule has 1 saturated heterocycles. The summed E-state index contributed by atoms with van der Waals surface area (Å²) >= 11 is 10.2. The van der Waals surface area contributed by atoms with Crippen LogP contribution in [0.2, 0.25) is 0 Å². The van der Waals surface area contributed by atoms with Gasteiger partial charge >= 0.3 is 13.7 Å². The number of aromatic nitrogens is 2. The van der Waals surface area contributed by atoms with Gasteiger partial charge in [0.05, 0.1) is 12.7 Å². The molecule has 2 heterocycles. The summed E-state index contributed by atoms with van der Waals surface area (Å²) in [7, 11) is -4.31. The van der Waals surface area contributed by atoms with Crippen LogP contribution in [-0.2, 0) is 23.4 Å². The molecule has 2 unspecified atom stereocenters. The van der Waals surface area contributed by atoms with E-state index in [4.69, 9.17) is 49.4 Å². The van der Waals surface area contributed by atoms with Crippen molar-refractivity contribution in [2.24, 2.45) is 0 Å². The van der Waals surface area contributed by atoms with Gasteiger partial charge in [-0.3, -0.25) is 13.9 Å². The van der Waals surface area contributed by atoms with Gasteiger partial charge in [-0.15, -0.1) is 6.42 Å². The number of hydrogen-bond acceptors (Lipinski definition) is 9. The topological polar surface area (TPSA) is 124 Å². The summed E-state index contributed by atoms with van der Waals surface area (Å²) < 4.78 is 52.5. The fraction of sp³-hybridized carbons (Fsp3) is 0.435. The van der Waals surface area contributed by atoms with Crippen molar-refractivity contribution < 1.29 is 37.4 Å². The van der Waals surface area contributed by atoms with Gasteiger partial charge in [0.15, 0.2) is 17.2 Å². The third-order valence-electron chi connectivity index (χ3n) is 5.20. The van der Waals surface area contributed by atoms with Crippen LogP contribution >= 0.6 is 32.2 Å². The van der Waals surface area contributed by atoms with Crippen LogP contribution in [0.4, 0.5) is 4.39 Å². The van der Waals surface area contributed by atoms with Crippen LogP contribution in [0.5, 0.6) is 5.75 Å². The zero-order chi connectivity index (χ0) is 27.4. The van der Waals surface area contributed by atoms with Crippen molar-refractivity contribution in [1.29, 1.82) is 0 Å². The molecular weight excluding hydrogens is 544 g/mol. The highest BCUT2D eigenvalue weighted by Crippen LogP contribution is 2.47. The van der Waals surface area contributed by atoms with Gasteiger partial charge < -0.3 is 24.1 Å². The van der Waals surface area contributed by atoms with Crippen LogP contribution in [0.1, 0.15) is 27.0 Å². The van der Waals surface area contributed by atoms with Gasteiger partial charge in [0, 0.05) is 6.20 Å². The molecule has 10 nitrogen and oxygen atoms in total. The fourth-order valence-corrected chi connectivity index (χ4v) is 5.42. The molecule has 6 atom stereocenters. The average Bonchev–Trinajstić information content (AvgIpc) is 3.08. The quantitative estimate of drug-likeness (QED) is 0.167. The van der Waals surface area contributed by atoms with Crippen molar-refractivity contribution in [2.75, 3.05) is 6.61 Å². The first-order valence-electron chi connectivity index (χ1n) is 11.2. The van der Waals surface area contributed by atoms with Crippen LogP contribution in [0.3, 0.4) is 0 Å². The smallest absolute Gasteiger partial charge is 0.459 e. The first kappa shape index (κ1) is 29.1. The van der Waals surface area contributed by atoms with Crippen molar-refractivity contribution >= 4 is 38.2 Å². The molecule has 1 aliphatic heterocycles. The number of benzene rings is 1. The highest BCUT2D eigenvalue weighted by molar-refractivity contribution is 7.72. The van der Waals surface area contributed by atoms with E-state index < -0.39 is 56.6 Å². The maximum atomic E-state index is 15.4. The second-order valence-electron chi connectivity index (χ2n) is 8.45. The van der Waals surface area contributed by atoms with E-state index in [9.17, 15) is 14.5 Å². The Bertz CT molecular complexity index is 1320. The van der Waals surface area contributed by atoms with E-state index >= 15 is 4.39 Å². The van der Waals surface area contributed by atoms with Gasteiger partial charge in [-0.2, -0.15) is 5.09 Å². The molecule has 3 N–H and O–H groups in total. The molecule has 1 fully saturated rings. The molecule has 0 amide bonds. The number of esters is 1. The lowest BCUT2D eigenvalue weighted by molar-refractivity contribution is -0.149. The molecule has 1 aliphatic rings. The molecular formula is C23H27FN3O7PS2. The molecule has 37 heavy (non-hydrogen) atoms. The number of rotatable bonds is 10. The Labute approximate surface area is 223 Å². The Balaban J connectivity index is 1.84. The fourth-order valence-electron chi connectivity index (χ4n) is 3.43. The number of hydrogen-bond donors (Lipinski definition) is 3. The minimum absolute atomic E-state index is 0.0391. The van der Waals surface area contributed by atoms with Crippen LogP contribution in [0.25, 0.3) is 0 Å². The van der Waals surface area contributed by atoms with Crippen molar-refractivity contribution in [3.8, 4) is 18.1 Å². The van der Waals surface area contributed by atoms with Gasteiger partial charge in [-0.1, -0.05) is 36.3 Å². The predicted molar refractivity (Wildman–Crippen MR) is 137 cm³/mol. The second-order valence-corrected chi connectivity index (χ2v) is 11.0. The standard InChI is InChI=1S/C23H27FN3O7PS2/c1-5-23(29)19(24)17(33-21(23)27-12-11-18(36)25-22(27)37)13-31-35(30,34-16-9-7-6-8-10-16)26-15(4)20(28)32-14(2)3/h1,6-12,14-15,17,19,21,29H,13H2,2-4H3,(H,26,30)(H,25,36,37)/t15-,17+,19-,21+,23?,35?/m0/s1. The summed E-state index contributed by atoms with van der Waals surface area (Å²) in [6, 6.07) is 8.40. The van der Waals surface area contributed by atoms with Crippen LogP contribution in [0.15, 0.2) is 42.6 Å². The monoisotopic (exact) mass is 571 g/mol. The molecule has 0 aliphatic carbocycles. The third-order valence-corrected chi connectivity index (χ3v) is 7.39. The third kappa shape index (κ3) is 6.91. The first-order valence-corrected chi connectivity index (χ1v) is 13.5. The molecule has 1 aromatic heterocycles. The number of nitrogens with zero attached hydrogens (tertiary/aromatic N) is 1. The van der Waals surface area contributed by atoms with Crippen molar-refractivity contribution in [3.63, 3.8) is 0 Å². The van der Waals surface area contributed by atoms with E-state index in [0.717, 1.165) is 0 Å². The van der Waals surface area contributed by atoms with Gasteiger partial charge in [0.2, 0.25) is 5.60 Å². The zero-order valence-electron chi connectivity index (χ0n) is 20.2. The lowest BCUT2D eigenvalue weighted by Gasteiger charge is -2.26. The predicted octanol–water partition coefficient (Wildman–Crippen LogP) is 4.01. The number of carbonyl (C=O) groups is 1. The number of carbonyl (C=O) groups excluding carboxylic acids is 1. The number of para-hydroxylation sites is 1. The number of terminal acetylenes is 1. The molecule has 1 aromatic carbocycles. The molecule has 0 saturated carbocycles. The normalized spacial score (nSPS) is 25.7. The van der Waals surface area contributed by atoms with E-state index in [-0.39, 0.29) is 10.5 Å². The lowest BCUT2D eigenvalue weighted by atomic mass is 9.96. The van der Waals surface area contributed by atoms with E-state index in [1.54, 1.807) is 32.0 Å². The molecule has 14 heteroatoms. The number of alkyl halides is 1. The Morgan fingerprint density at radius 2 is 2.03 bits per heavy atom. The van der Waals surface area contributed by atoms with Gasteiger partial charge in [-0.05, 0) is 51.2 Å². The number of aliphatic hydroxyl groups is 1. The van der Waals surface area contributed by atoms with Crippen molar-refractivity contribution in [3.05, 3.63) is 52.0 Å². The van der Waals surface area contributed by atoms with E-state index in [1.165, 1.54) is 35.9 Å². The Morgan fingerprint density at radius 1 is 1.35 bits per heavy atom. The highest BCUT2D eigenvalue weighted by Gasteiger charge is 2.57. The molecule has 0 radical (unpaired) electrons. The summed E-state index contributed by atoms with van der Waals surface area (Å²) in [4.78, 5) is 15.0. The average molecular weight is 572 g/mol. The molecule has 200 valence electrons. The van der Waals surface area contributed by atoms with Gasteiger partial charge in [-0.25, -0.2) is 8.96 Å². The Kier molecular flexibility index (Phi) is 9.42. The van der Waals surface area contributed by atoms with Crippen LogP contribution in [0, 0.1) is 21.8 Å². The summed E-state index contributed by atoms with van der Waals surface area (Å²) in [6.45, 7) is 4.07. The number of halogens is 1. The van der Waals surface area contributed by atoms with Crippen molar-refractivity contribution in [2.45, 2.75) is 57.0 Å². The molecule has 0 spiro atoms. The maximum absolute atomic E-state index is 15.4. The summed E-state index contributed by atoms with van der Waals surface area (Å²) in [5.41, 5.74) is -2.44. The van der Waals surface area contributed by atoms with Crippen LogP contribution in [-0.4, -0.2) is 57.3 Å². The zero-order valence-corrected chi connectivity index (χ0v) is 22.7. The minimum Gasteiger partial charge on any atom is -0.462 e. The second kappa shape index (κ2) is 12.0. The van der Waals surface area contributed by atoms with Crippen molar-refractivity contribution in [1.82, 2.24) is 14.6 Å². The van der Waals surface area contributed by atoms with Gasteiger partial charge in [0.25, 0.3) is 0 Å². The molecule has 3 rings (SSSR count). The summed E-state index contributed by atoms with van der Waals surface area (Å²) in [5.74, 6) is 1.49. The van der Waals surface area contributed by atoms with Crippen LogP contribution < -0.4 is 9.61 Å². The molecule has 2 aromatic rings. The first-order chi connectivity index (χ1) is 17.4. The van der Waals surface area contributed by atoms with E-state index in [0.29, 0.717) is 4.64 Å². The summed E-state index contributed by atoms with van der Waals surface area (Å²) in [6.07, 6.45) is 1.37. The minimum atomic E-state index is -4.31. The van der Waals surface area contributed by atoms with E-state index in [2.05, 4.69) is 10.1 Å². The number of aromatic amines is 1. The summed E-state index contributed by atoms with van der Waals surface area (Å²) in [5, 5.41) is 13.4. The highest BCUT2D eigenvalue weighted by atomic mass is 32.1. The van der Waals surface area contributed by atoms with E-state index in [1.807, 2.05) is 5.92 Å². The SMILES string of the molecule is C#CC1(O)[C@@H](F)[C@@H](COP(=O)(N[C@@H](C)C(=O)OC(C)C)Oc2ccccc2)O[C@H]1n1ccc(=S)[nH]c1=S. The molecule has 0 bridgehead atoms. The number of H-pyrrole nitrogens is 1. The maximum Gasteiger partial charge on any atom is 0.459 e. The largest absolute Gasteiger partial charge is 0.462 e. The lowest BCUT2D eigenvalue weighted by Crippen LogP contribution is -2.43.